The van der Waals surface area contributed by atoms with E-state index in [-0.39, 0.29) is 11.3 Å². The van der Waals surface area contributed by atoms with Crippen molar-refractivity contribution < 1.29 is 19.4 Å². The van der Waals surface area contributed by atoms with E-state index in [0.29, 0.717) is 11.4 Å². The molecule has 0 aliphatic carbocycles. The average molecular weight is 287 g/mol. The molecule has 0 unspecified atom stereocenters. The van der Waals surface area contributed by atoms with Crippen LogP contribution in [0.4, 0.5) is 4.79 Å². The smallest absolute Gasteiger partial charge is 0.436 e. The highest BCUT2D eigenvalue weighted by Crippen LogP contribution is 2.08. The van der Waals surface area contributed by atoms with Crippen LogP contribution in [0.5, 0.6) is 0 Å². The van der Waals surface area contributed by atoms with Crippen molar-refractivity contribution in [3.05, 3.63) is 9.81 Å². The van der Waals surface area contributed by atoms with Crippen LogP contribution in [0.1, 0.15) is 32.7 Å². The Balaban J connectivity index is 3.06. The molecule has 0 saturated heterocycles. The number of amides is 1. The molecule has 0 aromatic carbocycles. The van der Waals surface area contributed by atoms with E-state index < -0.39 is 17.7 Å². The van der Waals surface area contributed by atoms with E-state index in [2.05, 4.69) is 10.1 Å². The monoisotopic (exact) mass is 287 g/mol. The first kappa shape index (κ1) is 15.4. The second kappa shape index (κ2) is 5.96. The molecule has 8 heteroatoms. The zero-order valence-corrected chi connectivity index (χ0v) is 12.2. The predicted octanol–water partition coefficient (Wildman–Crippen LogP) is 1.43. The van der Waals surface area contributed by atoms with Crippen molar-refractivity contribution in [2.24, 2.45) is 4.99 Å². The predicted molar refractivity (Wildman–Crippen MR) is 68.9 cm³/mol. The number of ether oxygens (including phenoxy) is 1. The number of nitrogens with zero attached hydrogens (tertiary/aromatic N) is 3. The van der Waals surface area contributed by atoms with E-state index in [1.807, 2.05) is 6.92 Å². The van der Waals surface area contributed by atoms with Crippen LogP contribution in [0.15, 0.2) is 4.99 Å². The molecule has 7 nitrogen and oxygen atoms in total. The van der Waals surface area contributed by atoms with Gasteiger partial charge in [0.05, 0.1) is 0 Å². The Labute approximate surface area is 114 Å². The van der Waals surface area contributed by atoms with Crippen molar-refractivity contribution in [3.8, 4) is 0 Å². The summed E-state index contributed by atoms with van der Waals surface area (Å²) in [5, 5.41) is 13.6. The summed E-state index contributed by atoms with van der Waals surface area (Å²) < 4.78 is 6.25. The highest BCUT2D eigenvalue weighted by molar-refractivity contribution is 7.08. The van der Waals surface area contributed by atoms with Crippen molar-refractivity contribution in [3.63, 3.8) is 0 Å². The Kier molecular flexibility index (Phi) is 4.82. The first-order chi connectivity index (χ1) is 8.71. The molecule has 19 heavy (non-hydrogen) atoms. The molecule has 1 aromatic rings. The fourth-order valence-corrected chi connectivity index (χ4v) is 2.00. The molecule has 0 spiro atoms. The largest absolute Gasteiger partial charge is 0.480 e. The van der Waals surface area contributed by atoms with E-state index in [9.17, 15) is 9.59 Å². The van der Waals surface area contributed by atoms with Gasteiger partial charge in [-0.2, -0.15) is 5.10 Å². The number of carboxylic acids is 1. The fourth-order valence-electron chi connectivity index (χ4n) is 1.17. The lowest BCUT2D eigenvalue weighted by Gasteiger charge is -2.16. The Morgan fingerprint density at radius 2 is 2.11 bits per heavy atom. The minimum atomic E-state index is -1.04. The number of aliphatic carboxylic acids is 1. The third kappa shape index (κ3) is 5.21. The standard InChI is InChI=1S/C11H17N3O4S/c1-5-7-13-14(6-8(15)16)9(19-7)12-10(17)18-11(2,3)4/h5-6H2,1-4H3,(H,15,16)/b12-9-. The maximum atomic E-state index is 11.6. The van der Waals surface area contributed by atoms with Gasteiger partial charge in [0, 0.05) is 0 Å². The van der Waals surface area contributed by atoms with E-state index in [0.717, 1.165) is 0 Å². The van der Waals surface area contributed by atoms with Crippen LogP contribution >= 0.6 is 11.3 Å². The van der Waals surface area contributed by atoms with Gasteiger partial charge in [-0.25, -0.2) is 9.48 Å². The summed E-state index contributed by atoms with van der Waals surface area (Å²) in [7, 11) is 0. The van der Waals surface area contributed by atoms with Crippen LogP contribution in [-0.4, -0.2) is 32.6 Å². The molecule has 1 aromatic heterocycles. The summed E-state index contributed by atoms with van der Waals surface area (Å²) in [4.78, 5) is 26.3. The summed E-state index contributed by atoms with van der Waals surface area (Å²) in [5.41, 5.74) is -0.642. The van der Waals surface area contributed by atoms with E-state index >= 15 is 0 Å². The van der Waals surface area contributed by atoms with Gasteiger partial charge in [0.2, 0.25) is 4.80 Å². The van der Waals surface area contributed by atoms with Crippen molar-refractivity contribution in [2.45, 2.75) is 46.3 Å². The van der Waals surface area contributed by atoms with Gasteiger partial charge in [0.15, 0.2) is 0 Å². The number of aromatic nitrogens is 2. The number of hydrogen-bond donors (Lipinski definition) is 1. The van der Waals surface area contributed by atoms with Gasteiger partial charge in [-0.15, -0.1) is 4.99 Å². The van der Waals surface area contributed by atoms with Gasteiger partial charge in [0.25, 0.3) is 0 Å². The lowest BCUT2D eigenvalue weighted by Crippen LogP contribution is -2.26. The molecule has 0 saturated carbocycles. The lowest BCUT2D eigenvalue weighted by atomic mass is 10.2. The van der Waals surface area contributed by atoms with Crippen molar-refractivity contribution in [2.75, 3.05) is 0 Å². The molecular weight excluding hydrogens is 270 g/mol. The van der Waals surface area contributed by atoms with Crippen LogP contribution in [0, 0.1) is 0 Å². The van der Waals surface area contributed by atoms with Crippen molar-refractivity contribution in [1.82, 2.24) is 9.78 Å². The molecule has 1 rings (SSSR count). The van der Waals surface area contributed by atoms with Crippen LogP contribution in [0.2, 0.25) is 0 Å². The number of carboxylic acid groups (broad SMARTS) is 1. The van der Waals surface area contributed by atoms with E-state index in [1.54, 1.807) is 20.8 Å². The van der Waals surface area contributed by atoms with E-state index in [4.69, 9.17) is 9.84 Å². The summed E-state index contributed by atoms with van der Waals surface area (Å²) in [5.74, 6) is -1.04. The topological polar surface area (TPSA) is 93.8 Å². The number of rotatable bonds is 3. The van der Waals surface area contributed by atoms with Crippen molar-refractivity contribution in [1.29, 1.82) is 0 Å². The molecule has 0 atom stereocenters. The summed E-state index contributed by atoms with van der Waals surface area (Å²) >= 11 is 1.18. The first-order valence-corrected chi connectivity index (χ1v) is 6.59. The highest BCUT2D eigenvalue weighted by Gasteiger charge is 2.16. The molecule has 106 valence electrons. The Morgan fingerprint density at radius 1 is 1.47 bits per heavy atom. The number of carbonyl (C=O) groups excluding carboxylic acids is 1. The van der Waals surface area contributed by atoms with Gasteiger partial charge in [-0.3, -0.25) is 4.79 Å². The molecular formula is C11H17N3O4S. The third-order valence-electron chi connectivity index (χ3n) is 1.83. The average Bonchev–Trinajstić information content (AvgIpc) is 2.57. The van der Waals surface area contributed by atoms with Gasteiger partial charge in [-0.1, -0.05) is 18.3 Å². The summed E-state index contributed by atoms with van der Waals surface area (Å²) in [6.07, 6.45) is -0.105. The molecule has 1 N–H and O–H groups in total. The quantitative estimate of drug-likeness (QED) is 0.907. The van der Waals surface area contributed by atoms with Crippen LogP contribution < -0.4 is 4.80 Å². The van der Waals surface area contributed by atoms with Crippen molar-refractivity contribution >= 4 is 23.4 Å². The second-order valence-electron chi connectivity index (χ2n) is 4.78. The van der Waals surface area contributed by atoms with E-state index in [1.165, 1.54) is 16.0 Å². The number of hydrogen-bond acceptors (Lipinski definition) is 5. The summed E-state index contributed by atoms with van der Waals surface area (Å²) in [6.45, 7) is 6.75. The number of aryl methyl sites for hydroxylation is 1. The minimum Gasteiger partial charge on any atom is -0.480 e. The molecule has 0 aliphatic heterocycles. The maximum absolute atomic E-state index is 11.6. The van der Waals surface area contributed by atoms with Crippen LogP contribution in [-0.2, 0) is 22.5 Å². The van der Waals surface area contributed by atoms with Gasteiger partial charge in [0.1, 0.15) is 17.2 Å². The molecule has 1 heterocycles. The zero-order chi connectivity index (χ0) is 14.6. The van der Waals surface area contributed by atoms with Gasteiger partial charge < -0.3 is 9.84 Å². The molecule has 0 fully saturated rings. The normalized spacial score (nSPS) is 12.5. The molecule has 0 bridgehead atoms. The lowest BCUT2D eigenvalue weighted by molar-refractivity contribution is -0.138. The minimum absolute atomic E-state index is 0.230. The van der Waals surface area contributed by atoms with Crippen LogP contribution in [0.25, 0.3) is 0 Å². The first-order valence-electron chi connectivity index (χ1n) is 5.77. The zero-order valence-electron chi connectivity index (χ0n) is 11.3. The molecule has 0 radical (unpaired) electrons. The Morgan fingerprint density at radius 3 is 2.58 bits per heavy atom. The maximum Gasteiger partial charge on any atom is 0.436 e. The highest BCUT2D eigenvalue weighted by atomic mass is 32.1. The Bertz CT molecular complexity index is 539. The molecule has 0 aliphatic rings. The SMILES string of the molecule is CCc1nn(CC(=O)O)/c(=N/C(=O)OC(C)(C)C)s1. The van der Waals surface area contributed by atoms with Gasteiger partial charge in [-0.05, 0) is 27.2 Å². The third-order valence-corrected chi connectivity index (χ3v) is 2.92. The molecule has 1 amide bonds. The van der Waals surface area contributed by atoms with Gasteiger partial charge >= 0.3 is 12.1 Å². The Hall–Kier alpha value is -1.70. The van der Waals surface area contributed by atoms with Crippen LogP contribution in [0.3, 0.4) is 0 Å². The fraction of sp³-hybridized carbons (Fsp3) is 0.636. The summed E-state index contributed by atoms with van der Waals surface area (Å²) in [6, 6.07) is 0. The number of carbonyl (C=O) groups is 2. The second-order valence-corrected chi connectivity index (χ2v) is 5.82.